The minimum atomic E-state index is -0.294. The Bertz CT molecular complexity index is 1030. The first-order chi connectivity index (χ1) is 15.1. The average Bonchev–Trinajstić information content (AvgIpc) is 3.21. The number of carbonyl (C=O) groups excluding carboxylic acids is 1. The summed E-state index contributed by atoms with van der Waals surface area (Å²) < 4.78 is 18.7. The molecule has 31 heavy (non-hydrogen) atoms. The number of aromatic nitrogens is 1. The van der Waals surface area contributed by atoms with Crippen LogP contribution in [0.25, 0.3) is 10.9 Å². The van der Waals surface area contributed by atoms with Crippen molar-refractivity contribution in [2.45, 2.75) is 26.3 Å². The number of rotatable bonds is 7. The van der Waals surface area contributed by atoms with Gasteiger partial charge in [0.05, 0.1) is 7.11 Å². The van der Waals surface area contributed by atoms with Crippen molar-refractivity contribution in [1.82, 2.24) is 14.8 Å². The van der Waals surface area contributed by atoms with E-state index in [1.54, 1.807) is 19.2 Å². The van der Waals surface area contributed by atoms with Crippen molar-refractivity contribution in [1.29, 1.82) is 0 Å². The quantitative estimate of drug-likeness (QED) is 0.600. The molecule has 1 N–H and O–H groups in total. The van der Waals surface area contributed by atoms with Crippen molar-refractivity contribution in [2.75, 3.05) is 33.3 Å². The number of halogens is 1. The second kappa shape index (κ2) is 9.52. The lowest BCUT2D eigenvalue weighted by molar-refractivity contribution is 0.0680. The van der Waals surface area contributed by atoms with E-state index in [9.17, 15) is 9.18 Å². The van der Waals surface area contributed by atoms with Gasteiger partial charge in [-0.15, -0.1) is 0 Å². The third-order valence-electron chi connectivity index (χ3n) is 6.13. The SMILES string of the molecule is CCN(CC1CCCN(Cc2ccc(OC)cc2)C1)C(=O)c1cc2cc(F)ccc2[nH]1. The summed E-state index contributed by atoms with van der Waals surface area (Å²) in [5.74, 6) is 0.998. The molecule has 1 fully saturated rings. The van der Waals surface area contributed by atoms with Crippen LogP contribution >= 0.6 is 0 Å². The molecule has 0 aliphatic carbocycles. The number of hydrogen-bond acceptors (Lipinski definition) is 3. The van der Waals surface area contributed by atoms with Crippen LogP contribution in [0.2, 0.25) is 0 Å². The van der Waals surface area contributed by atoms with Crippen LogP contribution in [0.3, 0.4) is 0 Å². The van der Waals surface area contributed by atoms with Gasteiger partial charge in [-0.1, -0.05) is 12.1 Å². The zero-order valence-electron chi connectivity index (χ0n) is 18.2. The molecular formula is C25H30FN3O2. The summed E-state index contributed by atoms with van der Waals surface area (Å²) in [5, 5.41) is 0.725. The third kappa shape index (κ3) is 5.07. The monoisotopic (exact) mass is 423 g/mol. The number of nitrogens with one attached hydrogen (secondary N) is 1. The Kier molecular flexibility index (Phi) is 6.56. The highest BCUT2D eigenvalue weighted by atomic mass is 19.1. The van der Waals surface area contributed by atoms with Crippen molar-refractivity contribution < 1.29 is 13.9 Å². The van der Waals surface area contributed by atoms with E-state index < -0.39 is 0 Å². The Balaban J connectivity index is 1.39. The highest BCUT2D eigenvalue weighted by molar-refractivity contribution is 5.98. The molecule has 0 spiro atoms. The molecule has 1 aromatic heterocycles. The van der Waals surface area contributed by atoms with E-state index in [-0.39, 0.29) is 11.7 Å². The lowest BCUT2D eigenvalue weighted by Crippen LogP contribution is -2.42. The number of piperidine rings is 1. The summed E-state index contributed by atoms with van der Waals surface area (Å²) in [6, 6.07) is 14.5. The Morgan fingerprint density at radius 2 is 2.03 bits per heavy atom. The molecular weight excluding hydrogens is 393 g/mol. The van der Waals surface area contributed by atoms with Gasteiger partial charge in [0.2, 0.25) is 0 Å². The fourth-order valence-corrected chi connectivity index (χ4v) is 4.49. The molecule has 0 bridgehead atoms. The van der Waals surface area contributed by atoms with E-state index in [1.165, 1.54) is 17.7 Å². The fourth-order valence-electron chi connectivity index (χ4n) is 4.49. The minimum Gasteiger partial charge on any atom is -0.497 e. The topological polar surface area (TPSA) is 48.6 Å². The zero-order valence-corrected chi connectivity index (χ0v) is 18.2. The van der Waals surface area contributed by atoms with Crippen molar-refractivity contribution in [2.24, 2.45) is 5.92 Å². The summed E-state index contributed by atoms with van der Waals surface area (Å²) in [7, 11) is 1.68. The lowest BCUT2D eigenvalue weighted by atomic mass is 9.96. The molecule has 4 rings (SSSR count). The van der Waals surface area contributed by atoms with Gasteiger partial charge >= 0.3 is 0 Å². The molecule has 1 saturated heterocycles. The molecule has 6 heteroatoms. The number of carbonyl (C=O) groups is 1. The summed E-state index contributed by atoms with van der Waals surface area (Å²) >= 11 is 0. The van der Waals surface area contributed by atoms with Gasteiger partial charge in [0, 0.05) is 37.1 Å². The maximum atomic E-state index is 13.5. The number of amides is 1. The smallest absolute Gasteiger partial charge is 0.270 e. The fraction of sp³-hybridized carbons (Fsp3) is 0.400. The van der Waals surface area contributed by atoms with Gasteiger partial charge < -0.3 is 14.6 Å². The zero-order chi connectivity index (χ0) is 21.8. The van der Waals surface area contributed by atoms with Gasteiger partial charge in [-0.05, 0) is 74.2 Å². The van der Waals surface area contributed by atoms with E-state index in [2.05, 4.69) is 22.0 Å². The third-order valence-corrected chi connectivity index (χ3v) is 6.13. The van der Waals surface area contributed by atoms with Crippen LogP contribution in [-0.2, 0) is 6.54 Å². The van der Waals surface area contributed by atoms with E-state index in [1.807, 2.05) is 24.0 Å². The van der Waals surface area contributed by atoms with Crippen molar-refractivity contribution in [3.8, 4) is 5.75 Å². The van der Waals surface area contributed by atoms with Crippen LogP contribution in [0, 0.1) is 11.7 Å². The molecule has 1 unspecified atom stereocenters. The summed E-state index contributed by atoms with van der Waals surface area (Å²) in [5.41, 5.74) is 2.58. The molecule has 1 amide bonds. The number of benzene rings is 2. The molecule has 0 radical (unpaired) electrons. The van der Waals surface area contributed by atoms with E-state index >= 15 is 0 Å². The number of H-pyrrole nitrogens is 1. The number of nitrogens with zero attached hydrogens (tertiary/aromatic N) is 2. The van der Waals surface area contributed by atoms with Crippen molar-refractivity contribution in [3.05, 3.63) is 65.6 Å². The number of likely N-dealkylation sites (tertiary alicyclic amines) is 1. The van der Waals surface area contributed by atoms with E-state index in [0.29, 0.717) is 18.2 Å². The Labute approximate surface area is 182 Å². The summed E-state index contributed by atoms with van der Waals surface area (Å²) in [6.07, 6.45) is 2.26. The normalized spacial score (nSPS) is 17.1. The molecule has 1 aliphatic rings. The second-order valence-electron chi connectivity index (χ2n) is 8.35. The predicted molar refractivity (Wildman–Crippen MR) is 121 cm³/mol. The largest absolute Gasteiger partial charge is 0.497 e. The van der Waals surface area contributed by atoms with Gasteiger partial charge in [-0.2, -0.15) is 0 Å². The number of methoxy groups -OCH3 is 1. The Hall–Kier alpha value is -2.86. The average molecular weight is 424 g/mol. The van der Waals surface area contributed by atoms with Crippen LogP contribution in [0.15, 0.2) is 48.5 Å². The molecule has 3 aromatic rings. The molecule has 164 valence electrons. The van der Waals surface area contributed by atoms with Gasteiger partial charge in [0.1, 0.15) is 17.3 Å². The maximum Gasteiger partial charge on any atom is 0.270 e. The number of aromatic amines is 1. The second-order valence-corrected chi connectivity index (χ2v) is 8.35. The highest BCUT2D eigenvalue weighted by Crippen LogP contribution is 2.23. The first-order valence-corrected chi connectivity index (χ1v) is 11.0. The molecule has 2 aromatic carbocycles. The molecule has 0 saturated carbocycles. The number of fused-ring (bicyclic) bond motifs is 1. The van der Waals surface area contributed by atoms with Crippen LogP contribution < -0.4 is 4.74 Å². The van der Waals surface area contributed by atoms with Crippen molar-refractivity contribution in [3.63, 3.8) is 0 Å². The molecule has 2 heterocycles. The molecule has 1 aliphatic heterocycles. The van der Waals surface area contributed by atoms with Crippen LogP contribution in [0.1, 0.15) is 35.8 Å². The molecule has 5 nitrogen and oxygen atoms in total. The number of ether oxygens (including phenoxy) is 1. The first kappa shape index (κ1) is 21.4. The summed E-state index contributed by atoms with van der Waals surface area (Å²) in [4.78, 5) is 20.6. The van der Waals surface area contributed by atoms with Gasteiger partial charge in [0.25, 0.3) is 5.91 Å². The van der Waals surface area contributed by atoms with Gasteiger partial charge in [0.15, 0.2) is 0 Å². The predicted octanol–water partition coefficient (Wildman–Crippen LogP) is 4.69. The van der Waals surface area contributed by atoms with E-state index in [4.69, 9.17) is 4.74 Å². The van der Waals surface area contributed by atoms with Gasteiger partial charge in [-0.3, -0.25) is 9.69 Å². The number of hydrogen-bond donors (Lipinski definition) is 1. The van der Waals surface area contributed by atoms with E-state index in [0.717, 1.165) is 55.7 Å². The van der Waals surface area contributed by atoms with Crippen LogP contribution in [0.4, 0.5) is 4.39 Å². The van der Waals surface area contributed by atoms with Gasteiger partial charge in [-0.25, -0.2) is 4.39 Å². The van der Waals surface area contributed by atoms with Crippen molar-refractivity contribution >= 4 is 16.8 Å². The minimum absolute atomic E-state index is 0.0219. The Morgan fingerprint density at radius 3 is 2.77 bits per heavy atom. The summed E-state index contributed by atoms with van der Waals surface area (Å²) in [6.45, 7) is 6.37. The maximum absolute atomic E-state index is 13.5. The Morgan fingerprint density at radius 1 is 1.23 bits per heavy atom. The lowest BCUT2D eigenvalue weighted by Gasteiger charge is -2.35. The van der Waals surface area contributed by atoms with Crippen LogP contribution in [0.5, 0.6) is 5.75 Å². The molecule has 1 atom stereocenters. The standard InChI is InChI=1S/C25H30FN3O2/c1-3-29(25(30)24-14-20-13-21(26)8-11-23(20)27-24)17-19-5-4-12-28(16-19)15-18-6-9-22(31-2)10-7-18/h6-11,13-14,19,27H,3-5,12,15-17H2,1-2H3. The first-order valence-electron chi connectivity index (χ1n) is 11.0. The van der Waals surface area contributed by atoms with Crippen LogP contribution in [-0.4, -0.2) is 54.0 Å². The highest BCUT2D eigenvalue weighted by Gasteiger charge is 2.25.